The average molecular weight is 739 g/mol. The van der Waals surface area contributed by atoms with Crippen molar-refractivity contribution in [3.63, 3.8) is 0 Å². The highest BCUT2D eigenvalue weighted by atomic mass is 35.5. The number of carbonyl (C=O) groups excluding carboxylic acids is 1. The zero-order chi connectivity index (χ0) is 33.5. The van der Waals surface area contributed by atoms with E-state index in [1.54, 1.807) is 12.1 Å². The number of sulfonamides is 1. The third kappa shape index (κ3) is 5.83. The zero-order valence-electron chi connectivity index (χ0n) is 27.8. The van der Waals surface area contributed by atoms with Crippen LogP contribution in [-0.4, -0.2) is 128 Å². The number of nitrogens with zero attached hydrogens (tertiary/aromatic N) is 5. The maximum absolute atomic E-state index is 14.0. The Bertz CT molecular complexity index is 1820. The lowest BCUT2D eigenvalue weighted by Crippen LogP contribution is -3.00. The molecule has 13 nitrogen and oxygen atoms in total. The third-order valence-corrected chi connectivity index (χ3v) is 13.6. The van der Waals surface area contributed by atoms with Crippen LogP contribution in [0.2, 0.25) is 0 Å². The van der Waals surface area contributed by atoms with Gasteiger partial charge in [0.1, 0.15) is 45.0 Å². The third-order valence-electron chi connectivity index (χ3n) is 11.8. The second-order valence-corrected chi connectivity index (χ2v) is 16.1. The van der Waals surface area contributed by atoms with E-state index in [4.69, 9.17) is 11.5 Å². The molecule has 1 amide bonds. The number of anilines is 1. The Morgan fingerprint density at radius 2 is 1.67 bits per heavy atom. The van der Waals surface area contributed by atoms with Gasteiger partial charge in [-0.25, -0.2) is 13.2 Å². The van der Waals surface area contributed by atoms with E-state index in [2.05, 4.69) is 4.99 Å². The van der Waals surface area contributed by atoms with E-state index < -0.39 is 45.9 Å². The number of piperazine rings is 3. The smallest absolute Gasteiger partial charge is 0.352 e. The lowest BCUT2D eigenvalue weighted by atomic mass is 9.78. The summed E-state index contributed by atoms with van der Waals surface area (Å²) < 4.78 is 31.6. The lowest BCUT2D eigenvalue weighted by molar-refractivity contribution is -1.08. The van der Waals surface area contributed by atoms with Crippen LogP contribution < -0.4 is 40.6 Å². The average Bonchev–Trinajstić information content (AvgIpc) is 3.41. The number of nitrogens with two attached hydrogens (primary N) is 2. The molecule has 6 aliphatic heterocycles. The lowest BCUT2D eigenvalue weighted by Gasteiger charge is -2.55. The minimum atomic E-state index is -3.97. The van der Waals surface area contributed by atoms with Gasteiger partial charge in [-0.15, -0.1) is 0 Å². The predicted octanol–water partition coefficient (Wildman–Crippen LogP) is -5.58. The number of halogens is 2. The number of aliphatic hydroxyl groups is 1. The van der Waals surface area contributed by atoms with Crippen LogP contribution in [0, 0.1) is 11.8 Å². The highest BCUT2D eigenvalue weighted by Crippen LogP contribution is 2.50. The summed E-state index contributed by atoms with van der Waals surface area (Å²) in [4.78, 5) is 30.9. The summed E-state index contributed by atoms with van der Waals surface area (Å²) in [5.74, 6) is -2.71. The summed E-state index contributed by atoms with van der Waals surface area (Å²) in [5, 5.41) is 21.9. The van der Waals surface area contributed by atoms with Crippen LogP contribution in [0.4, 0.5) is 5.69 Å². The molecule has 0 unspecified atom stereocenters. The number of guanidine groups is 1. The molecule has 2 aromatic carbocycles. The van der Waals surface area contributed by atoms with Gasteiger partial charge in [0.25, 0.3) is 10.0 Å². The number of carboxylic acid groups (broad SMARTS) is 1. The first-order valence-corrected chi connectivity index (χ1v) is 18.0. The number of carbonyl (C=O) groups is 2. The van der Waals surface area contributed by atoms with Crippen molar-refractivity contribution in [1.29, 1.82) is 0 Å². The quantitative estimate of drug-likeness (QED) is 0.0580. The van der Waals surface area contributed by atoms with Crippen molar-refractivity contribution in [2.24, 2.45) is 28.3 Å². The standard InChI is InChI=1S/C33H43N7O6S.2ClH/c1-20-24(30(32(43)44)38-29(20)27(21(2)41)31(38)42)19-37-25-6-3-5-23-22(7-8-26(28(23)25)47(37,45)46)9-12-40-16-13-39(14-17-40,15-18-40)11-4-10-36-33(34)35;;/h3,5-8,20-21,27,29,41H,4,9-19H2,1-2H3,(H3-2,34,35,36,43,44);2*1H/t20-,21+,27+,29+,39?,40?;;/m0../s1. The maximum Gasteiger partial charge on any atom is 0.352 e. The largest absolute Gasteiger partial charge is 1.00 e. The number of carboxylic acids is 1. The topological polar surface area (TPSA) is 180 Å². The van der Waals surface area contributed by atoms with E-state index in [9.17, 15) is 28.2 Å². The molecule has 0 aliphatic carbocycles. The molecule has 0 radical (unpaired) electrons. The number of amides is 1. The van der Waals surface area contributed by atoms with Crippen LogP contribution in [-0.2, 0) is 26.0 Å². The Balaban J connectivity index is 0.00000234. The summed E-state index contributed by atoms with van der Waals surface area (Å²) in [6.07, 6.45) is 0.873. The van der Waals surface area contributed by atoms with Gasteiger partial charge in [-0.05, 0) is 35.6 Å². The van der Waals surface area contributed by atoms with Crippen LogP contribution in [0.15, 0.2) is 51.5 Å². The molecule has 0 aromatic heterocycles. The Hall–Kier alpha value is -3.14. The molecule has 4 atom stereocenters. The number of aliphatic imine (C=N–C) groups is 1. The molecule has 8 rings (SSSR count). The summed E-state index contributed by atoms with van der Waals surface area (Å²) in [7, 11) is -3.97. The van der Waals surface area contributed by atoms with Crippen molar-refractivity contribution in [1.82, 2.24) is 4.90 Å². The molecule has 2 bridgehead atoms. The summed E-state index contributed by atoms with van der Waals surface area (Å²) >= 11 is 0. The van der Waals surface area contributed by atoms with Gasteiger partial charge in [0, 0.05) is 30.7 Å². The van der Waals surface area contributed by atoms with Crippen LogP contribution in [0.1, 0.15) is 25.8 Å². The number of aliphatic carboxylic acids is 1. The Labute approximate surface area is 299 Å². The molecular formula is C33H45Cl2N7O6S. The van der Waals surface area contributed by atoms with Gasteiger partial charge in [0.05, 0.1) is 48.3 Å². The van der Waals surface area contributed by atoms with Gasteiger partial charge in [0.15, 0.2) is 5.96 Å². The summed E-state index contributed by atoms with van der Waals surface area (Å²) in [6, 6.07) is 8.76. The Morgan fingerprint density at radius 1 is 1.04 bits per heavy atom. The first-order valence-electron chi connectivity index (χ1n) is 16.6. The van der Waals surface area contributed by atoms with Crippen molar-refractivity contribution in [2.45, 2.75) is 43.7 Å². The fraction of sp³-hybridized carbons (Fsp3) is 0.545. The Kier molecular flexibility index (Phi) is 10.00. The molecular weight excluding hydrogens is 693 g/mol. The van der Waals surface area contributed by atoms with Gasteiger partial charge in [-0.1, -0.05) is 25.1 Å². The monoisotopic (exact) mass is 737 g/mol. The minimum absolute atomic E-state index is 0. The van der Waals surface area contributed by atoms with E-state index in [0.717, 1.165) is 85.1 Å². The van der Waals surface area contributed by atoms with E-state index in [-0.39, 0.29) is 47.9 Å². The fourth-order valence-electron chi connectivity index (χ4n) is 9.07. The maximum atomic E-state index is 14.0. The summed E-state index contributed by atoms with van der Waals surface area (Å²) in [6.45, 7) is 12.7. The second kappa shape index (κ2) is 13.2. The van der Waals surface area contributed by atoms with E-state index >= 15 is 0 Å². The molecule has 2 aromatic rings. The van der Waals surface area contributed by atoms with Crippen molar-refractivity contribution in [3.05, 3.63) is 47.2 Å². The number of β-lactam (4-membered cyclic amide) rings is 1. The highest BCUT2D eigenvalue weighted by Gasteiger charge is 2.60. The van der Waals surface area contributed by atoms with Crippen molar-refractivity contribution in [3.8, 4) is 0 Å². The van der Waals surface area contributed by atoms with E-state index in [0.29, 0.717) is 23.2 Å². The fourth-order valence-corrected chi connectivity index (χ4v) is 10.7. The summed E-state index contributed by atoms with van der Waals surface area (Å²) in [5.41, 5.74) is 12.8. The van der Waals surface area contributed by atoms with Crippen molar-refractivity contribution in [2.75, 3.05) is 69.8 Å². The van der Waals surface area contributed by atoms with Gasteiger partial charge in [-0.2, -0.15) is 0 Å². The minimum Gasteiger partial charge on any atom is -1.00 e. The molecule has 0 saturated carbocycles. The predicted molar refractivity (Wildman–Crippen MR) is 177 cm³/mol. The number of hydrogen-bond acceptors (Lipinski definition) is 6. The van der Waals surface area contributed by atoms with E-state index in [1.165, 1.54) is 16.1 Å². The molecule has 6 heterocycles. The van der Waals surface area contributed by atoms with Crippen molar-refractivity contribution < 1.29 is 62.0 Å². The van der Waals surface area contributed by atoms with Crippen LogP contribution in [0.5, 0.6) is 0 Å². The number of aliphatic hydroxyl groups excluding tert-OH is 1. The molecule has 6 aliphatic rings. The van der Waals surface area contributed by atoms with Gasteiger partial charge in [0.2, 0.25) is 5.91 Å². The number of rotatable bonds is 11. The molecule has 49 heavy (non-hydrogen) atoms. The van der Waals surface area contributed by atoms with Gasteiger partial charge < -0.3 is 60.4 Å². The molecule has 6 N–H and O–H groups in total. The zero-order valence-corrected chi connectivity index (χ0v) is 30.1. The first-order chi connectivity index (χ1) is 22.3. The molecule has 4 saturated heterocycles. The second-order valence-electron chi connectivity index (χ2n) is 14.2. The van der Waals surface area contributed by atoms with Crippen LogP contribution >= 0.6 is 0 Å². The van der Waals surface area contributed by atoms with Gasteiger partial charge >= 0.3 is 5.97 Å². The first kappa shape index (κ1) is 37.1. The number of fused-ring (bicyclic) bond motifs is 4. The molecule has 0 spiro atoms. The van der Waals surface area contributed by atoms with Gasteiger partial charge in [-0.3, -0.25) is 14.1 Å². The Morgan fingerprint density at radius 3 is 2.27 bits per heavy atom. The van der Waals surface area contributed by atoms with Crippen LogP contribution in [0.25, 0.3) is 10.8 Å². The van der Waals surface area contributed by atoms with Crippen molar-refractivity contribution >= 4 is 44.3 Å². The number of benzene rings is 2. The normalized spacial score (nSPS) is 29.6. The molecule has 4 fully saturated rings. The molecule has 16 heteroatoms. The number of hydrogen-bond donors (Lipinski definition) is 4. The molecule has 268 valence electrons. The van der Waals surface area contributed by atoms with Crippen LogP contribution in [0.3, 0.4) is 0 Å². The number of quaternary nitrogens is 2. The highest BCUT2D eigenvalue weighted by molar-refractivity contribution is 7.93. The SMILES string of the molecule is C[C@@H](O)[C@H]1C(=O)N2C(C(=O)O)=C(CN3c4cccc5c(CC[N+]67CC[N+](CCCN=C(N)N)(CC6)CC7)ccc(c45)S3(=O)=O)[C@H](C)[C@H]12.[Cl-].[Cl-]. The van der Waals surface area contributed by atoms with E-state index in [1.807, 2.05) is 25.1 Å².